The zero-order valence-corrected chi connectivity index (χ0v) is 16.1. The number of carbonyl (C=O) groups excluding carboxylic acids is 1. The number of para-hydroxylation sites is 1. The maximum atomic E-state index is 12.8. The molecule has 0 aliphatic rings. The highest BCUT2D eigenvalue weighted by Crippen LogP contribution is 2.20. The van der Waals surface area contributed by atoms with E-state index >= 15 is 0 Å². The number of carbonyl (C=O) groups is 1. The van der Waals surface area contributed by atoms with Gasteiger partial charge in [-0.2, -0.15) is 5.10 Å². The molecule has 1 N–H and O–H groups in total. The fourth-order valence-electron chi connectivity index (χ4n) is 3.02. The zero-order valence-electron chi connectivity index (χ0n) is 16.1. The molecule has 0 aliphatic carbocycles. The monoisotopic (exact) mass is 365 g/mol. The molecule has 1 aromatic carbocycles. The molecule has 3 rings (SSSR count). The predicted octanol–water partition coefficient (Wildman–Crippen LogP) is 2.86. The first-order valence-corrected chi connectivity index (χ1v) is 8.78. The van der Waals surface area contributed by atoms with E-state index in [-0.39, 0.29) is 11.5 Å². The SMILES string of the molecule is Cc1cc(C)n(-c2ccc(=O)n(C(C)C(=O)Nc3c(C)cccc3C)n2)n1. The lowest BCUT2D eigenvalue weighted by Crippen LogP contribution is -2.34. The Labute approximate surface area is 157 Å². The van der Waals surface area contributed by atoms with Gasteiger partial charge in [-0.3, -0.25) is 9.59 Å². The summed E-state index contributed by atoms with van der Waals surface area (Å²) in [5.41, 5.74) is 4.10. The van der Waals surface area contributed by atoms with Crippen LogP contribution in [0.25, 0.3) is 5.82 Å². The lowest BCUT2D eigenvalue weighted by molar-refractivity contribution is -0.119. The lowest BCUT2D eigenvalue weighted by atomic mass is 10.1. The number of hydrogen-bond donors (Lipinski definition) is 1. The lowest BCUT2D eigenvalue weighted by Gasteiger charge is -2.17. The van der Waals surface area contributed by atoms with Gasteiger partial charge in [-0.15, -0.1) is 5.10 Å². The Hall–Kier alpha value is -3.22. The van der Waals surface area contributed by atoms with E-state index in [1.165, 1.54) is 10.7 Å². The molecule has 2 aromatic heterocycles. The van der Waals surface area contributed by atoms with E-state index in [0.29, 0.717) is 5.82 Å². The summed E-state index contributed by atoms with van der Waals surface area (Å²) in [6.07, 6.45) is 0. The number of hydrogen-bond acceptors (Lipinski definition) is 4. The first-order chi connectivity index (χ1) is 12.8. The van der Waals surface area contributed by atoms with Crippen LogP contribution in [-0.2, 0) is 4.79 Å². The molecule has 2 heterocycles. The average molecular weight is 365 g/mol. The van der Waals surface area contributed by atoms with E-state index in [4.69, 9.17) is 0 Å². The van der Waals surface area contributed by atoms with Gasteiger partial charge in [0.2, 0.25) is 5.91 Å². The Kier molecular flexibility index (Phi) is 4.94. The van der Waals surface area contributed by atoms with Crippen molar-refractivity contribution in [2.75, 3.05) is 5.32 Å². The molecule has 27 heavy (non-hydrogen) atoms. The summed E-state index contributed by atoms with van der Waals surface area (Å²) in [5, 5.41) is 11.7. The maximum Gasteiger partial charge on any atom is 0.267 e. The topological polar surface area (TPSA) is 81.8 Å². The molecule has 0 saturated heterocycles. The van der Waals surface area contributed by atoms with E-state index < -0.39 is 6.04 Å². The Bertz CT molecular complexity index is 1040. The van der Waals surface area contributed by atoms with Gasteiger partial charge in [-0.05, 0) is 57.9 Å². The highest BCUT2D eigenvalue weighted by molar-refractivity contribution is 5.94. The number of nitrogens with zero attached hydrogens (tertiary/aromatic N) is 4. The summed E-state index contributed by atoms with van der Waals surface area (Å²) in [5.74, 6) is 0.194. The highest BCUT2D eigenvalue weighted by atomic mass is 16.2. The molecule has 1 unspecified atom stereocenters. The predicted molar refractivity (Wildman–Crippen MR) is 104 cm³/mol. The van der Waals surface area contributed by atoms with Gasteiger partial charge < -0.3 is 5.32 Å². The number of benzene rings is 1. The van der Waals surface area contributed by atoms with Gasteiger partial charge in [0.15, 0.2) is 5.82 Å². The van der Waals surface area contributed by atoms with Crippen LogP contribution in [0.15, 0.2) is 41.2 Å². The quantitative estimate of drug-likeness (QED) is 0.771. The number of amides is 1. The molecule has 0 bridgehead atoms. The van der Waals surface area contributed by atoms with Crippen LogP contribution < -0.4 is 10.9 Å². The summed E-state index contributed by atoms with van der Waals surface area (Å²) in [6.45, 7) is 9.32. The van der Waals surface area contributed by atoms with Gasteiger partial charge in [0.05, 0.1) is 5.69 Å². The average Bonchev–Trinajstić information content (AvgIpc) is 2.96. The highest BCUT2D eigenvalue weighted by Gasteiger charge is 2.20. The molecule has 1 atom stereocenters. The number of aromatic nitrogens is 4. The molecule has 0 fully saturated rings. The number of aryl methyl sites for hydroxylation is 4. The van der Waals surface area contributed by atoms with Crippen LogP contribution in [0.1, 0.15) is 35.5 Å². The van der Waals surface area contributed by atoms with Crippen molar-refractivity contribution in [3.8, 4) is 5.82 Å². The summed E-state index contributed by atoms with van der Waals surface area (Å²) in [4.78, 5) is 25.1. The fourth-order valence-corrected chi connectivity index (χ4v) is 3.02. The zero-order chi connectivity index (χ0) is 19.7. The summed E-state index contributed by atoms with van der Waals surface area (Å²) < 4.78 is 2.84. The van der Waals surface area contributed by atoms with E-state index in [1.807, 2.05) is 52.0 Å². The Balaban J connectivity index is 1.93. The van der Waals surface area contributed by atoms with Gasteiger partial charge in [-0.1, -0.05) is 18.2 Å². The van der Waals surface area contributed by atoms with Crippen molar-refractivity contribution in [3.63, 3.8) is 0 Å². The molecular formula is C20H23N5O2. The Morgan fingerprint density at radius 2 is 1.70 bits per heavy atom. The minimum Gasteiger partial charge on any atom is -0.324 e. The number of nitrogens with one attached hydrogen (secondary N) is 1. The summed E-state index contributed by atoms with van der Waals surface area (Å²) >= 11 is 0. The molecule has 0 spiro atoms. The molecular weight excluding hydrogens is 342 g/mol. The second-order valence-electron chi connectivity index (χ2n) is 6.75. The first-order valence-electron chi connectivity index (χ1n) is 8.78. The van der Waals surface area contributed by atoms with Crippen molar-refractivity contribution < 1.29 is 4.79 Å². The first kappa shape index (κ1) is 18.6. The van der Waals surface area contributed by atoms with Gasteiger partial charge in [-0.25, -0.2) is 9.36 Å². The second-order valence-corrected chi connectivity index (χ2v) is 6.75. The Morgan fingerprint density at radius 3 is 2.30 bits per heavy atom. The van der Waals surface area contributed by atoms with E-state index in [0.717, 1.165) is 28.2 Å². The van der Waals surface area contributed by atoms with Gasteiger partial charge in [0.1, 0.15) is 6.04 Å². The standard InChI is InChI=1S/C20H23N5O2/c1-12-7-6-8-13(2)19(12)21-20(27)16(5)25-18(26)10-9-17(23-25)24-15(4)11-14(3)22-24/h6-11,16H,1-5H3,(H,21,27). The number of anilines is 1. The van der Waals surface area contributed by atoms with Crippen LogP contribution >= 0.6 is 0 Å². The van der Waals surface area contributed by atoms with Crippen molar-refractivity contribution in [1.29, 1.82) is 0 Å². The normalized spacial score (nSPS) is 12.0. The largest absolute Gasteiger partial charge is 0.324 e. The van der Waals surface area contributed by atoms with Crippen molar-refractivity contribution in [2.45, 2.75) is 40.7 Å². The molecule has 7 heteroatoms. The number of rotatable bonds is 4. The van der Waals surface area contributed by atoms with Crippen molar-refractivity contribution in [2.24, 2.45) is 0 Å². The molecule has 0 aliphatic heterocycles. The van der Waals surface area contributed by atoms with Crippen LogP contribution in [0.5, 0.6) is 0 Å². The van der Waals surface area contributed by atoms with E-state index in [9.17, 15) is 9.59 Å². The minimum absolute atomic E-state index is 0.299. The molecule has 7 nitrogen and oxygen atoms in total. The second kappa shape index (κ2) is 7.19. The van der Waals surface area contributed by atoms with Crippen LogP contribution in [0.3, 0.4) is 0 Å². The molecule has 140 valence electrons. The van der Waals surface area contributed by atoms with Crippen LogP contribution in [0.4, 0.5) is 5.69 Å². The van der Waals surface area contributed by atoms with E-state index in [1.54, 1.807) is 17.7 Å². The molecule has 3 aromatic rings. The third-order valence-corrected chi connectivity index (χ3v) is 4.51. The van der Waals surface area contributed by atoms with Crippen molar-refractivity contribution in [1.82, 2.24) is 19.6 Å². The fraction of sp³-hybridized carbons (Fsp3) is 0.300. The van der Waals surface area contributed by atoms with Crippen LogP contribution in [0, 0.1) is 27.7 Å². The molecule has 0 saturated carbocycles. The van der Waals surface area contributed by atoms with Gasteiger partial charge >= 0.3 is 0 Å². The summed E-state index contributed by atoms with van der Waals surface area (Å²) in [6, 6.07) is 9.97. The van der Waals surface area contributed by atoms with Gasteiger partial charge in [0, 0.05) is 17.4 Å². The minimum atomic E-state index is -0.770. The molecule has 0 radical (unpaired) electrons. The van der Waals surface area contributed by atoms with Crippen molar-refractivity contribution >= 4 is 11.6 Å². The van der Waals surface area contributed by atoms with Gasteiger partial charge in [0.25, 0.3) is 5.56 Å². The Morgan fingerprint density at radius 1 is 1.04 bits per heavy atom. The van der Waals surface area contributed by atoms with E-state index in [2.05, 4.69) is 15.5 Å². The third-order valence-electron chi connectivity index (χ3n) is 4.51. The smallest absolute Gasteiger partial charge is 0.267 e. The van der Waals surface area contributed by atoms with Crippen LogP contribution in [0.2, 0.25) is 0 Å². The summed E-state index contributed by atoms with van der Waals surface area (Å²) in [7, 11) is 0. The maximum absolute atomic E-state index is 12.8. The van der Waals surface area contributed by atoms with Crippen molar-refractivity contribution in [3.05, 3.63) is 69.3 Å². The third kappa shape index (κ3) is 3.67. The molecule has 1 amide bonds. The van der Waals surface area contributed by atoms with Crippen LogP contribution in [-0.4, -0.2) is 25.5 Å².